The molecule has 1 atom stereocenters. The quantitative estimate of drug-likeness (QED) is 0.555. The average Bonchev–Trinajstić information content (AvgIpc) is 2.42. The topological polar surface area (TPSA) is 99.3 Å². The van der Waals surface area contributed by atoms with E-state index in [0.29, 0.717) is 5.69 Å². The fourth-order valence-electron chi connectivity index (χ4n) is 1.64. The number of anilines is 1. The van der Waals surface area contributed by atoms with Crippen molar-refractivity contribution in [3.8, 4) is 0 Å². The lowest BCUT2D eigenvalue weighted by Gasteiger charge is -2.13. The Bertz CT molecular complexity index is 575. The number of amides is 2. The molecule has 0 fully saturated rings. The molecule has 1 aromatic rings. The van der Waals surface area contributed by atoms with Crippen molar-refractivity contribution in [3.05, 3.63) is 29.8 Å². The molecular formula is C13H22N4O3S. The highest BCUT2D eigenvalue weighted by Gasteiger charge is 2.06. The van der Waals surface area contributed by atoms with Gasteiger partial charge in [0.15, 0.2) is 0 Å². The summed E-state index contributed by atoms with van der Waals surface area (Å²) in [7, 11) is -1.36. The van der Waals surface area contributed by atoms with Gasteiger partial charge in [0.2, 0.25) is 10.0 Å². The summed E-state index contributed by atoms with van der Waals surface area (Å²) in [5, 5.41) is 8.40. The first-order chi connectivity index (χ1) is 9.81. The zero-order valence-corrected chi connectivity index (χ0v) is 13.3. The van der Waals surface area contributed by atoms with Crippen molar-refractivity contribution in [1.29, 1.82) is 0 Å². The molecule has 2 amide bonds. The van der Waals surface area contributed by atoms with Crippen LogP contribution in [-0.4, -0.2) is 40.8 Å². The normalized spacial score (nSPS) is 12.7. The van der Waals surface area contributed by atoms with Crippen molar-refractivity contribution in [2.24, 2.45) is 0 Å². The second kappa shape index (κ2) is 7.96. The Morgan fingerprint density at radius 1 is 1.29 bits per heavy atom. The highest BCUT2D eigenvalue weighted by atomic mass is 32.2. The van der Waals surface area contributed by atoms with E-state index in [1.807, 2.05) is 32.2 Å². The number of carbonyl (C=O) groups is 1. The van der Waals surface area contributed by atoms with Crippen LogP contribution in [0.1, 0.15) is 18.5 Å². The molecule has 0 aliphatic heterocycles. The molecule has 118 valence electrons. The van der Waals surface area contributed by atoms with Crippen molar-refractivity contribution in [2.75, 3.05) is 31.7 Å². The Morgan fingerprint density at radius 3 is 2.62 bits per heavy atom. The minimum absolute atomic E-state index is 0.156. The molecule has 0 saturated carbocycles. The first-order valence-electron chi connectivity index (χ1n) is 6.58. The third kappa shape index (κ3) is 7.07. The van der Waals surface area contributed by atoms with Gasteiger partial charge in [0.05, 0.1) is 6.26 Å². The molecule has 0 heterocycles. The highest BCUT2D eigenvalue weighted by Crippen LogP contribution is 2.16. The molecule has 1 unspecified atom stereocenters. The van der Waals surface area contributed by atoms with Crippen LogP contribution in [0.15, 0.2) is 24.3 Å². The summed E-state index contributed by atoms with van der Waals surface area (Å²) in [4.78, 5) is 11.7. The maximum Gasteiger partial charge on any atom is 0.319 e. The van der Waals surface area contributed by atoms with Gasteiger partial charge in [-0.25, -0.2) is 17.9 Å². The van der Waals surface area contributed by atoms with Crippen LogP contribution in [-0.2, 0) is 10.0 Å². The fourth-order valence-corrected chi connectivity index (χ4v) is 2.11. The van der Waals surface area contributed by atoms with Crippen LogP contribution < -0.4 is 20.7 Å². The Balaban J connectivity index is 2.44. The van der Waals surface area contributed by atoms with Crippen LogP contribution in [0, 0.1) is 0 Å². The first kappa shape index (κ1) is 17.4. The monoisotopic (exact) mass is 314 g/mol. The zero-order valence-electron chi connectivity index (χ0n) is 12.4. The maximum absolute atomic E-state index is 11.7. The van der Waals surface area contributed by atoms with Crippen LogP contribution in [0.4, 0.5) is 10.5 Å². The smallest absolute Gasteiger partial charge is 0.319 e. The number of rotatable bonds is 7. The van der Waals surface area contributed by atoms with Crippen molar-refractivity contribution >= 4 is 21.7 Å². The van der Waals surface area contributed by atoms with Crippen molar-refractivity contribution in [3.63, 3.8) is 0 Å². The van der Waals surface area contributed by atoms with Gasteiger partial charge in [-0.3, -0.25) is 0 Å². The summed E-state index contributed by atoms with van der Waals surface area (Å²) in [6.45, 7) is 2.39. The number of carbonyl (C=O) groups excluding carboxylic acids is 1. The maximum atomic E-state index is 11.7. The summed E-state index contributed by atoms with van der Waals surface area (Å²) in [6.07, 6.45) is 1.07. The number of benzene rings is 1. The number of nitrogens with one attached hydrogen (secondary N) is 4. The van der Waals surface area contributed by atoms with Crippen molar-refractivity contribution in [1.82, 2.24) is 15.4 Å². The summed E-state index contributed by atoms with van der Waals surface area (Å²) in [6, 6.07) is 7.33. The number of urea groups is 1. The van der Waals surface area contributed by atoms with Gasteiger partial charge in [0, 0.05) is 24.8 Å². The van der Waals surface area contributed by atoms with Gasteiger partial charge >= 0.3 is 6.03 Å². The van der Waals surface area contributed by atoms with Crippen LogP contribution in [0.2, 0.25) is 0 Å². The molecule has 0 aromatic heterocycles. The van der Waals surface area contributed by atoms with Crippen LogP contribution >= 0.6 is 0 Å². The highest BCUT2D eigenvalue weighted by molar-refractivity contribution is 7.88. The first-order valence-corrected chi connectivity index (χ1v) is 8.47. The van der Waals surface area contributed by atoms with Crippen LogP contribution in [0.3, 0.4) is 0 Å². The van der Waals surface area contributed by atoms with Gasteiger partial charge in [-0.2, -0.15) is 0 Å². The van der Waals surface area contributed by atoms with Crippen molar-refractivity contribution < 1.29 is 13.2 Å². The molecule has 0 saturated heterocycles. The predicted octanol–water partition coefficient (Wildman–Crippen LogP) is 0.638. The van der Waals surface area contributed by atoms with E-state index in [0.717, 1.165) is 11.8 Å². The van der Waals surface area contributed by atoms with Gasteiger partial charge < -0.3 is 16.0 Å². The van der Waals surface area contributed by atoms with Crippen LogP contribution in [0.5, 0.6) is 0 Å². The van der Waals surface area contributed by atoms with E-state index >= 15 is 0 Å². The summed E-state index contributed by atoms with van der Waals surface area (Å²) >= 11 is 0. The van der Waals surface area contributed by atoms with Crippen LogP contribution in [0.25, 0.3) is 0 Å². The second-order valence-corrected chi connectivity index (χ2v) is 6.52. The molecule has 1 aromatic carbocycles. The summed E-state index contributed by atoms with van der Waals surface area (Å²) in [5.74, 6) is 0. The van der Waals surface area contributed by atoms with Gasteiger partial charge in [-0.1, -0.05) is 12.1 Å². The van der Waals surface area contributed by atoms with E-state index < -0.39 is 10.0 Å². The molecule has 21 heavy (non-hydrogen) atoms. The van der Waals surface area contributed by atoms with E-state index in [2.05, 4.69) is 20.7 Å². The van der Waals surface area contributed by atoms with E-state index in [1.54, 1.807) is 6.07 Å². The minimum atomic E-state index is -3.23. The molecule has 0 radical (unpaired) electrons. The molecule has 4 N–H and O–H groups in total. The number of hydrogen-bond acceptors (Lipinski definition) is 4. The molecule has 0 spiro atoms. The largest absolute Gasteiger partial charge is 0.337 e. The Kier molecular flexibility index (Phi) is 6.60. The standard InChI is InChI=1S/C13H22N4O3S/c1-10(14-2)11-5-4-6-12(9-11)17-13(18)15-7-8-16-21(3,19)20/h4-6,9-10,14,16H,7-8H2,1-3H3,(H2,15,17,18). The zero-order chi connectivity index (χ0) is 15.9. The lowest BCUT2D eigenvalue weighted by Crippen LogP contribution is -2.36. The van der Waals surface area contributed by atoms with Gasteiger partial charge in [-0.15, -0.1) is 0 Å². The molecule has 8 heteroatoms. The van der Waals surface area contributed by atoms with E-state index in [9.17, 15) is 13.2 Å². The average molecular weight is 314 g/mol. The van der Waals surface area contributed by atoms with E-state index in [-0.39, 0.29) is 25.2 Å². The minimum Gasteiger partial charge on any atom is -0.337 e. The Morgan fingerprint density at radius 2 is 2.00 bits per heavy atom. The summed E-state index contributed by atoms with van der Waals surface area (Å²) < 4.78 is 24.0. The lowest BCUT2D eigenvalue weighted by molar-refractivity contribution is 0.252. The Labute approximate surface area is 125 Å². The van der Waals surface area contributed by atoms with E-state index in [4.69, 9.17) is 0 Å². The Hall–Kier alpha value is -1.64. The lowest BCUT2D eigenvalue weighted by atomic mass is 10.1. The van der Waals surface area contributed by atoms with Gasteiger partial charge in [0.1, 0.15) is 0 Å². The number of hydrogen-bond donors (Lipinski definition) is 4. The molecule has 0 bridgehead atoms. The molecule has 0 aliphatic rings. The molecule has 0 aliphatic carbocycles. The molecule has 7 nitrogen and oxygen atoms in total. The van der Waals surface area contributed by atoms with Gasteiger partial charge in [-0.05, 0) is 31.7 Å². The van der Waals surface area contributed by atoms with Gasteiger partial charge in [0.25, 0.3) is 0 Å². The number of sulfonamides is 1. The third-order valence-corrected chi connectivity index (χ3v) is 3.58. The predicted molar refractivity (Wildman–Crippen MR) is 83.8 cm³/mol. The van der Waals surface area contributed by atoms with Crippen molar-refractivity contribution in [2.45, 2.75) is 13.0 Å². The van der Waals surface area contributed by atoms with E-state index in [1.165, 1.54) is 0 Å². The third-order valence-electron chi connectivity index (χ3n) is 2.85. The second-order valence-electron chi connectivity index (χ2n) is 4.68. The summed E-state index contributed by atoms with van der Waals surface area (Å²) in [5.41, 5.74) is 1.75. The molecular weight excluding hydrogens is 292 g/mol. The fraction of sp³-hybridized carbons (Fsp3) is 0.462. The molecule has 1 rings (SSSR count). The SMILES string of the molecule is CNC(C)c1cccc(NC(=O)NCCNS(C)(=O)=O)c1.